The van der Waals surface area contributed by atoms with Gasteiger partial charge in [0.1, 0.15) is 5.70 Å². The van der Waals surface area contributed by atoms with Crippen LogP contribution < -0.4 is 5.32 Å². The highest BCUT2D eigenvalue weighted by Crippen LogP contribution is 2.18. The molecule has 5 nitrogen and oxygen atoms in total. The van der Waals surface area contributed by atoms with Crippen LogP contribution in [0.15, 0.2) is 36.0 Å². The van der Waals surface area contributed by atoms with Crippen molar-refractivity contribution in [1.29, 1.82) is 0 Å². The van der Waals surface area contributed by atoms with E-state index in [1.165, 1.54) is 43.7 Å². The Balaban J connectivity index is 1.85. The second-order valence-corrected chi connectivity index (χ2v) is 6.06. The van der Waals surface area contributed by atoms with E-state index in [1.54, 1.807) is 0 Å². The van der Waals surface area contributed by atoms with Gasteiger partial charge in [-0.15, -0.1) is 0 Å². The molecule has 0 saturated heterocycles. The number of imide groups is 1. The number of aliphatic hydroxyl groups excluding tert-OH is 1. The Bertz CT molecular complexity index is 593. The van der Waals surface area contributed by atoms with E-state index in [9.17, 15) is 9.59 Å². The van der Waals surface area contributed by atoms with Crippen LogP contribution >= 0.6 is 0 Å². The number of aryl methyl sites for hydroxylation is 1. The molecule has 0 bridgehead atoms. The molecule has 1 aliphatic heterocycles. The predicted molar refractivity (Wildman–Crippen MR) is 94.4 cm³/mol. The lowest BCUT2D eigenvalue weighted by molar-refractivity contribution is -0.137. The van der Waals surface area contributed by atoms with E-state index in [0.29, 0.717) is 0 Å². The largest absolute Gasteiger partial charge is 0.395 e. The molecule has 2 rings (SSSR count). The third-order valence-corrected chi connectivity index (χ3v) is 4.13. The summed E-state index contributed by atoms with van der Waals surface area (Å²) in [6, 6.07) is 7.95. The summed E-state index contributed by atoms with van der Waals surface area (Å²) in [5, 5.41) is 11.9. The van der Waals surface area contributed by atoms with E-state index in [0.717, 1.165) is 17.0 Å². The van der Waals surface area contributed by atoms with Crippen LogP contribution in [0.25, 0.3) is 0 Å². The van der Waals surface area contributed by atoms with Gasteiger partial charge in [-0.05, 0) is 30.5 Å². The molecule has 0 aliphatic carbocycles. The van der Waals surface area contributed by atoms with E-state index < -0.39 is 5.91 Å². The zero-order valence-electron chi connectivity index (χ0n) is 14.3. The second kappa shape index (κ2) is 9.23. The molecule has 1 aromatic rings. The highest BCUT2D eigenvalue weighted by atomic mass is 16.3. The first-order valence-electron chi connectivity index (χ1n) is 8.70. The first-order chi connectivity index (χ1) is 11.7. The third-order valence-electron chi connectivity index (χ3n) is 4.13. The number of anilines is 1. The number of β-amino-alcohol motifs (C(OH)–C–C–N with tert-alkyl or cyclic N) is 1. The summed E-state index contributed by atoms with van der Waals surface area (Å²) in [5.74, 6) is -0.783. The van der Waals surface area contributed by atoms with Crippen molar-refractivity contribution in [1.82, 2.24) is 4.90 Å². The van der Waals surface area contributed by atoms with Crippen molar-refractivity contribution in [3.8, 4) is 0 Å². The number of hydrogen-bond donors (Lipinski definition) is 2. The Labute approximate surface area is 143 Å². The quantitative estimate of drug-likeness (QED) is 0.511. The average molecular weight is 330 g/mol. The van der Waals surface area contributed by atoms with Crippen LogP contribution in [0.2, 0.25) is 0 Å². The monoisotopic (exact) mass is 330 g/mol. The van der Waals surface area contributed by atoms with E-state index in [1.807, 2.05) is 12.1 Å². The molecular weight excluding hydrogens is 304 g/mol. The molecule has 0 unspecified atom stereocenters. The number of nitrogens with zero attached hydrogens (tertiary/aromatic N) is 1. The minimum absolute atomic E-state index is 0.0241. The van der Waals surface area contributed by atoms with Gasteiger partial charge in [-0.1, -0.05) is 44.7 Å². The van der Waals surface area contributed by atoms with Crippen LogP contribution in [0.1, 0.15) is 44.6 Å². The lowest BCUT2D eigenvalue weighted by Gasteiger charge is -2.13. The summed E-state index contributed by atoms with van der Waals surface area (Å²) in [6.07, 6.45) is 8.66. The van der Waals surface area contributed by atoms with Crippen LogP contribution in [-0.2, 0) is 16.0 Å². The Kier molecular flexibility index (Phi) is 7.00. The van der Waals surface area contributed by atoms with E-state index in [2.05, 4.69) is 24.4 Å². The average Bonchev–Trinajstić information content (AvgIpc) is 2.84. The van der Waals surface area contributed by atoms with Gasteiger partial charge in [0.2, 0.25) is 0 Å². The minimum atomic E-state index is -0.394. The highest BCUT2D eigenvalue weighted by Gasteiger charge is 2.30. The standard InChI is InChI=1S/C19H26N2O3/c1-2-3-4-5-6-7-15-8-10-16(11-9-15)20-17-14-18(23)21(12-13-22)19(17)24/h8-11,14,20,22H,2-7,12-13H2,1H3. The maximum atomic E-state index is 12.1. The number of unbranched alkanes of at least 4 members (excludes halogenated alkanes) is 4. The van der Waals surface area contributed by atoms with Crippen molar-refractivity contribution < 1.29 is 14.7 Å². The molecule has 1 aromatic carbocycles. The third kappa shape index (κ3) is 4.93. The van der Waals surface area contributed by atoms with Gasteiger partial charge in [-0.3, -0.25) is 14.5 Å². The van der Waals surface area contributed by atoms with Gasteiger partial charge in [0.15, 0.2) is 0 Å². The van der Waals surface area contributed by atoms with Crippen molar-refractivity contribution in [3.63, 3.8) is 0 Å². The number of carbonyl (C=O) groups excluding carboxylic acids is 2. The predicted octanol–water partition coefficient (Wildman–Crippen LogP) is 2.86. The SMILES string of the molecule is CCCCCCCc1ccc(NC2=CC(=O)N(CCO)C2=O)cc1. The zero-order valence-corrected chi connectivity index (χ0v) is 14.3. The zero-order chi connectivity index (χ0) is 17.4. The van der Waals surface area contributed by atoms with Crippen molar-refractivity contribution >= 4 is 17.5 Å². The number of rotatable bonds is 10. The van der Waals surface area contributed by atoms with Gasteiger partial charge in [0.25, 0.3) is 11.8 Å². The minimum Gasteiger partial charge on any atom is -0.395 e. The second-order valence-electron chi connectivity index (χ2n) is 6.06. The van der Waals surface area contributed by atoms with Crippen molar-refractivity contribution in [2.45, 2.75) is 45.4 Å². The number of hydrogen-bond acceptors (Lipinski definition) is 4. The van der Waals surface area contributed by atoms with Crippen LogP contribution in [0.3, 0.4) is 0 Å². The maximum Gasteiger partial charge on any atom is 0.277 e. The molecule has 1 aliphatic rings. The Hall–Kier alpha value is -2.14. The molecule has 2 amide bonds. The summed E-state index contributed by atoms with van der Waals surface area (Å²) in [7, 11) is 0. The van der Waals surface area contributed by atoms with E-state index >= 15 is 0 Å². The van der Waals surface area contributed by atoms with Gasteiger partial charge in [0.05, 0.1) is 13.2 Å². The number of aliphatic hydroxyl groups is 1. The van der Waals surface area contributed by atoms with Crippen molar-refractivity contribution in [2.24, 2.45) is 0 Å². The fourth-order valence-corrected chi connectivity index (χ4v) is 2.75. The molecule has 130 valence electrons. The van der Waals surface area contributed by atoms with Gasteiger partial charge in [0, 0.05) is 11.8 Å². The van der Waals surface area contributed by atoms with Crippen LogP contribution in [-0.4, -0.2) is 35.0 Å². The Morgan fingerprint density at radius 2 is 1.75 bits per heavy atom. The summed E-state index contributed by atoms with van der Waals surface area (Å²) in [6.45, 7) is 2.01. The molecule has 2 N–H and O–H groups in total. The fraction of sp³-hybridized carbons (Fsp3) is 0.474. The molecule has 24 heavy (non-hydrogen) atoms. The van der Waals surface area contributed by atoms with Crippen molar-refractivity contribution in [3.05, 3.63) is 41.6 Å². The van der Waals surface area contributed by atoms with E-state index in [4.69, 9.17) is 5.11 Å². The van der Waals surface area contributed by atoms with Gasteiger partial charge >= 0.3 is 0 Å². The number of benzene rings is 1. The molecule has 0 saturated carbocycles. The number of amides is 2. The fourth-order valence-electron chi connectivity index (χ4n) is 2.75. The van der Waals surface area contributed by atoms with Crippen molar-refractivity contribution in [2.75, 3.05) is 18.5 Å². The van der Waals surface area contributed by atoms with Crippen LogP contribution in [0.5, 0.6) is 0 Å². The Morgan fingerprint density at radius 3 is 2.42 bits per heavy atom. The topological polar surface area (TPSA) is 69.6 Å². The first-order valence-corrected chi connectivity index (χ1v) is 8.70. The molecule has 1 heterocycles. The van der Waals surface area contributed by atoms with E-state index in [-0.39, 0.29) is 24.8 Å². The highest BCUT2D eigenvalue weighted by molar-refractivity contribution is 6.17. The lowest BCUT2D eigenvalue weighted by atomic mass is 10.1. The normalized spacial score (nSPS) is 14.2. The summed E-state index contributed by atoms with van der Waals surface area (Å²) < 4.78 is 0. The van der Waals surface area contributed by atoms with Gasteiger partial charge < -0.3 is 10.4 Å². The number of nitrogens with one attached hydrogen (secondary N) is 1. The summed E-state index contributed by atoms with van der Waals surface area (Å²) in [5.41, 5.74) is 2.31. The molecule has 5 heteroatoms. The lowest BCUT2D eigenvalue weighted by Crippen LogP contribution is -2.34. The maximum absolute atomic E-state index is 12.1. The molecule has 0 fully saturated rings. The molecule has 0 spiro atoms. The van der Waals surface area contributed by atoms with Gasteiger partial charge in [-0.2, -0.15) is 0 Å². The Morgan fingerprint density at radius 1 is 1.04 bits per heavy atom. The summed E-state index contributed by atoms with van der Waals surface area (Å²) in [4.78, 5) is 24.8. The molecule has 0 atom stereocenters. The van der Waals surface area contributed by atoms with Crippen LogP contribution in [0.4, 0.5) is 5.69 Å². The van der Waals surface area contributed by atoms with Crippen LogP contribution in [0, 0.1) is 0 Å². The molecular formula is C19H26N2O3. The molecule has 0 radical (unpaired) electrons. The molecule has 0 aromatic heterocycles. The van der Waals surface area contributed by atoms with Gasteiger partial charge in [-0.25, -0.2) is 0 Å². The first kappa shape index (κ1) is 18.2. The smallest absolute Gasteiger partial charge is 0.277 e. The summed E-state index contributed by atoms with van der Waals surface area (Å²) >= 11 is 0. The number of carbonyl (C=O) groups is 2.